The number of benzene rings is 1. The number of aromatic nitrogens is 4. The molecule has 5 N–H and O–H groups in total. The maximum absolute atomic E-state index is 10.7. The standard InChI is InChI=1S/C21H28N6O4/c1-12(2)8-26(9-13-6-4-3-5-7-13)21-25-15-18(22)23-11-24-19(15)27(21)20-17(30)16(29)14(10-28)31-20/h3-7,11-12,14,16-17,20,28-30H,8-10H2,1-2H3,(H2,22,23,24)/t14-,16?,17?,20-/m1/s1. The molecule has 3 aromatic rings. The van der Waals surface area contributed by atoms with Gasteiger partial charge in [0.05, 0.1) is 6.61 Å². The molecule has 4 atom stereocenters. The Morgan fingerprint density at radius 3 is 2.55 bits per heavy atom. The highest BCUT2D eigenvalue weighted by Crippen LogP contribution is 2.36. The summed E-state index contributed by atoms with van der Waals surface area (Å²) in [5, 5.41) is 30.6. The Morgan fingerprint density at radius 1 is 1.16 bits per heavy atom. The summed E-state index contributed by atoms with van der Waals surface area (Å²) >= 11 is 0. The lowest BCUT2D eigenvalue weighted by molar-refractivity contribution is -0.0504. The Hall–Kier alpha value is -2.79. The second-order valence-corrected chi connectivity index (χ2v) is 8.20. The average molecular weight is 428 g/mol. The van der Waals surface area contributed by atoms with E-state index in [0.29, 0.717) is 36.1 Å². The van der Waals surface area contributed by atoms with Crippen molar-refractivity contribution < 1.29 is 20.1 Å². The van der Waals surface area contributed by atoms with Crippen LogP contribution < -0.4 is 10.6 Å². The normalized spacial score (nSPS) is 23.7. The van der Waals surface area contributed by atoms with Gasteiger partial charge in [0.15, 0.2) is 23.2 Å². The van der Waals surface area contributed by atoms with Gasteiger partial charge >= 0.3 is 0 Å². The number of aliphatic hydroxyl groups is 3. The molecule has 4 rings (SSSR count). The largest absolute Gasteiger partial charge is 0.394 e. The van der Waals surface area contributed by atoms with E-state index in [1.807, 2.05) is 30.3 Å². The van der Waals surface area contributed by atoms with Gasteiger partial charge in [-0.1, -0.05) is 44.2 Å². The van der Waals surface area contributed by atoms with Gasteiger partial charge < -0.3 is 30.7 Å². The lowest BCUT2D eigenvalue weighted by Gasteiger charge is -2.29. The average Bonchev–Trinajstić information content (AvgIpc) is 3.27. The minimum Gasteiger partial charge on any atom is -0.394 e. The molecule has 0 radical (unpaired) electrons. The van der Waals surface area contributed by atoms with Crippen molar-refractivity contribution in [1.82, 2.24) is 19.5 Å². The van der Waals surface area contributed by atoms with Crippen molar-refractivity contribution in [2.75, 3.05) is 23.8 Å². The molecule has 10 nitrogen and oxygen atoms in total. The topological polar surface area (TPSA) is 143 Å². The van der Waals surface area contributed by atoms with Crippen LogP contribution in [0.4, 0.5) is 11.8 Å². The fourth-order valence-electron chi connectivity index (χ4n) is 3.93. The van der Waals surface area contributed by atoms with E-state index >= 15 is 0 Å². The van der Waals surface area contributed by atoms with E-state index in [0.717, 1.165) is 5.56 Å². The number of nitrogens with two attached hydrogens (primary N) is 1. The lowest BCUT2D eigenvalue weighted by Crippen LogP contribution is -2.35. The fraction of sp³-hybridized carbons (Fsp3) is 0.476. The number of hydrogen-bond donors (Lipinski definition) is 4. The van der Waals surface area contributed by atoms with Gasteiger partial charge in [0.25, 0.3) is 0 Å². The smallest absolute Gasteiger partial charge is 0.210 e. The van der Waals surface area contributed by atoms with Gasteiger partial charge in [-0.3, -0.25) is 4.57 Å². The minimum absolute atomic E-state index is 0.209. The van der Waals surface area contributed by atoms with Gasteiger partial charge in [-0.25, -0.2) is 15.0 Å². The molecule has 2 unspecified atom stereocenters. The summed E-state index contributed by atoms with van der Waals surface area (Å²) in [6.07, 6.45) is -3.11. The van der Waals surface area contributed by atoms with Crippen molar-refractivity contribution in [3.8, 4) is 0 Å². The Balaban J connectivity index is 1.85. The molecule has 2 aromatic heterocycles. The van der Waals surface area contributed by atoms with Crippen molar-refractivity contribution in [3.05, 3.63) is 42.2 Å². The molecule has 0 aliphatic carbocycles. The van der Waals surface area contributed by atoms with Crippen LogP contribution in [-0.4, -0.2) is 66.3 Å². The Bertz CT molecular complexity index is 1030. The number of nitrogen functional groups attached to an aromatic ring is 1. The summed E-state index contributed by atoms with van der Waals surface area (Å²) in [5.74, 6) is 1.01. The molecule has 0 spiro atoms. The summed E-state index contributed by atoms with van der Waals surface area (Å²) in [7, 11) is 0. The molecule has 1 fully saturated rings. The number of anilines is 2. The third-order valence-electron chi connectivity index (χ3n) is 5.34. The molecule has 1 aromatic carbocycles. The van der Waals surface area contributed by atoms with Crippen LogP contribution in [0.15, 0.2) is 36.7 Å². The first-order valence-corrected chi connectivity index (χ1v) is 10.3. The molecule has 1 aliphatic heterocycles. The fourth-order valence-corrected chi connectivity index (χ4v) is 3.93. The number of nitrogens with zero attached hydrogens (tertiary/aromatic N) is 5. The number of fused-ring (bicyclic) bond motifs is 1. The number of aliphatic hydroxyl groups excluding tert-OH is 3. The number of hydrogen-bond acceptors (Lipinski definition) is 9. The van der Waals surface area contributed by atoms with Crippen molar-refractivity contribution in [3.63, 3.8) is 0 Å². The molecule has 166 valence electrons. The predicted molar refractivity (Wildman–Crippen MR) is 115 cm³/mol. The van der Waals surface area contributed by atoms with E-state index in [2.05, 4.69) is 28.7 Å². The SMILES string of the molecule is CC(C)CN(Cc1ccccc1)c1nc2c(N)ncnc2n1[C@@H]1O[C@H](CO)C(O)C1O. The zero-order chi connectivity index (χ0) is 22.1. The zero-order valence-electron chi connectivity index (χ0n) is 17.5. The molecule has 1 aliphatic rings. The van der Waals surface area contributed by atoms with E-state index in [-0.39, 0.29) is 5.82 Å². The van der Waals surface area contributed by atoms with Crippen LogP contribution in [0.5, 0.6) is 0 Å². The van der Waals surface area contributed by atoms with Crippen molar-refractivity contribution in [2.45, 2.75) is 44.9 Å². The Morgan fingerprint density at radius 2 is 1.90 bits per heavy atom. The van der Waals surface area contributed by atoms with Crippen LogP contribution in [0.25, 0.3) is 11.2 Å². The highest BCUT2D eigenvalue weighted by molar-refractivity contribution is 5.84. The summed E-state index contributed by atoms with van der Waals surface area (Å²) < 4.78 is 7.46. The van der Waals surface area contributed by atoms with Crippen LogP contribution in [0.1, 0.15) is 25.6 Å². The lowest BCUT2D eigenvalue weighted by atomic mass is 10.1. The summed E-state index contributed by atoms with van der Waals surface area (Å²) in [4.78, 5) is 15.2. The summed E-state index contributed by atoms with van der Waals surface area (Å²) in [6.45, 7) is 5.01. The first-order chi connectivity index (χ1) is 14.9. The molecule has 0 saturated carbocycles. The van der Waals surface area contributed by atoms with E-state index < -0.39 is 31.1 Å². The molecule has 1 saturated heterocycles. The van der Waals surface area contributed by atoms with Crippen molar-refractivity contribution in [2.24, 2.45) is 5.92 Å². The quantitative estimate of drug-likeness (QED) is 0.427. The molecule has 3 heterocycles. The summed E-state index contributed by atoms with van der Waals surface area (Å²) in [6, 6.07) is 9.96. The maximum atomic E-state index is 10.7. The maximum Gasteiger partial charge on any atom is 0.210 e. The van der Waals surface area contributed by atoms with Gasteiger partial charge in [0, 0.05) is 13.1 Å². The molecule has 0 bridgehead atoms. The zero-order valence-corrected chi connectivity index (χ0v) is 17.5. The van der Waals surface area contributed by atoms with E-state index in [9.17, 15) is 15.3 Å². The van der Waals surface area contributed by atoms with Gasteiger partial charge in [0.2, 0.25) is 5.95 Å². The van der Waals surface area contributed by atoms with Crippen LogP contribution in [-0.2, 0) is 11.3 Å². The Kier molecular flexibility index (Phi) is 6.05. The summed E-state index contributed by atoms with van der Waals surface area (Å²) in [5.41, 5.74) is 7.93. The van der Waals surface area contributed by atoms with E-state index in [1.165, 1.54) is 6.33 Å². The van der Waals surface area contributed by atoms with Gasteiger partial charge in [0.1, 0.15) is 24.6 Å². The van der Waals surface area contributed by atoms with E-state index in [1.54, 1.807) is 4.57 Å². The van der Waals surface area contributed by atoms with Crippen LogP contribution in [0.2, 0.25) is 0 Å². The number of ether oxygens (including phenoxy) is 1. The third kappa shape index (κ3) is 4.07. The second-order valence-electron chi connectivity index (χ2n) is 8.20. The third-order valence-corrected chi connectivity index (χ3v) is 5.34. The highest BCUT2D eigenvalue weighted by atomic mass is 16.6. The van der Waals surface area contributed by atoms with Gasteiger partial charge in [-0.15, -0.1) is 0 Å². The second kappa shape index (κ2) is 8.75. The first-order valence-electron chi connectivity index (χ1n) is 10.3. The molecular formula is C21H28N6O4. The van der Waals surface area contributed by atoms with Gasteiger partial charge in [-0.05, 0) is 11.5 Å². The number of rotatable bonds is 7. The molecule has 0 amide bonds. The first kappa shape index (κ1) is 21.4. The minimum atomic E-state index is -1.28. The Labute approximate surface area is 179 Å². The molecule has 31 heavy (non-hydrogen) atoms. The van der Waals surface area contributed by atoms with Crippen LogP contribution >= 0.6 is 0 Å². The molecule has 10 heteroatoms. The van der Waals surface area contributed by atoms with Crippen LogP contribution in [0.3, 0.4) is 0 Å². The van der Waals surface area contributed by atoms with Crippen LogP contribution in [0, 0.1) is 5.92 Å². The molecular weight excluding hydrogens is 400 g/mol. The highest BCUT2D eigenvalue weighted by Gasteiger charge is 2.45. The van der Waals surface area contributed by atoms with Gasteiger partial charge in [-0.2, -0.15) is 0 Å². The number of imidazole rings is 1. The van der Waals surface area contributed by atoms with E-state index in [4.69, 9.17) is 15.5 Å². The predicted octanol–water partition coefficient (Wildman–Crippen LogP) is 0.683. The van der Waals surface area contributed by atoms with Crippen molar-refractivity contribution >= 4 is 22.9 Å². The monoisotopic (exact) mass is 428 g/mol. The van der Waals surface area contributed by atoms with Crippen molar-refractivity contribution in [1.29, 1.82) is 0 Å².